The lowest BCUT2D eigenvalue weighted by Crippen LogP contribution is -1.75. The molecule has 0 unspecified atom stereocenters. The molecular formula is C12H22. The van der Waals surface area contributed by atoms with Gasteiger partial charge in [-0.25, -0.2) is 0 Å². The van der Waals surface area contributed by atoms with Crippen molar-refractivity contribution in [1.82, 2.24) is 0 Å². The van der Waals surface area contributed by atoms with Crippen molar-refractivity contribution in [1.29, 1.82) is 0 Å². The van der Waals surface area contributed by atoms with Gasteiger partial charge < -0.3 is 0 Å². The van der Waals surface area contributed by atoms with Gasteiger partial charge >= 0.3 is 0 Å². The zero-order valence-electron chi connectivity index (χ0n) is 8.98. The van der Waals surface area contributed by atoms with Gasteiger partial charge in [-0.15, -0.1) is 0 Å². The van der Waals surface area contributed by atoms with Gasteiger partial charge in [0.05, 0.1) is 0 Å². The third kappa shape index (κ3) is 6.21. The summed E-state index contributed by atoms with van der Waals surface area (Å²) in [6.45, 7) is 8.82. The zero-order chi connectivity index (χ0) is 9.40. The van der Waals surface area contributed by atoms with E-state index in [2.05, 4.69) is 39.8 Å². The minimum absolute atomic E-state index is 1.19. The summed E-state index contributed by atoms with van der Waals surface area (Å²) in [4.78, 5) is 0. The van der Waals surface area contributed by atoms with Crippen LogP contribution in [-0.4, -0.2) is 0 Å². The van der Waals surface area contributed by atoms with Crippen LogP contribution in [0.1, 0.15) is 53.4 Å². The molecule has 0 aliphatic heterocycles. The second-order valence-electron chi connectivity index (χ2n) is 3.39. The second kappa shape index (κ2) is 7.15. The van der Waals surface area contributed by atoms with Gasteiger partial charge in [-0.1, -0.05) is 37.1 Å². The molecule has 0 bridgehead atoms. The molecule has 0 aromatic rings. The molecule has 12 heavy (non-hydrogen) atoms. The number of hydrogen-bond donors (Lipinski definition) is 0. The van der Waals surface area contributed by atoms with Gasteiger partial charge in [-0.05, 0) is 39.5 Å². The van der Waals surface area contributed by atoms with Crippen molar-refractivity contribution in [3.63, 3.8) is 0 Å². The Hall–Kier alpha value is -0.520. The number of allylic oxidation sites excluding steroid dienone is 4. The number of unbranched alkanes of at least 4 members (excludes halogenated alkanes) is 1. The lowest BCUT2D eigenvalue weighted by atomic mass is 10.1. The van der Waals surface area contributed by atoms with E-state index in [0.29, 0.717) is 0 Å². The molecule has 0 aliphatic rings. The van der Waals surface area contributed by atoms with E-state index in [-0.39, 0.29) is 0 Å². The van der Waals surface area contributed by atoms with Gasteiger partial charge in [0.1, 0.15) is 0 Å². The quantitative estimate of drug-likeness (QED) is 0.417. The average molecular weight is 166 g/mol. The Balaban J connectivity index is 3.57. The number of hydrogen-bond acceptors (Lipinski definition) is 0. The van der Waals surface area contributed by atoms with E-state index in [4.69, 9.17) is 0 Å². The molecule has 70 valence electrons. The molecule has 0 heterocycles. The molecule has 0 heteroatoms. The highest BCUT2D eigenvalue weighted by Crippen LogP contribution is 2.05. The minimum Gasteiger partial charge on any atom is -0.0853 e. The molecule has 0 spiro atoms. The Bertz CT molecular complexity index is 141. The van der Waals surface area contributed by atoms with Crippen molar-refractivity contribution in [3.05, 3.63) is 23.3 Å². The Labute approximate surface area is 77.4 Å². The molecule has 0 N–H and O–H groups in total. The van der Waals surface area contributed by atoms with Crippen molar-refractivity contribution < 1.29 is 0 Å². The lowest BCUT2D eigenvalue weighted by Gasteiger charge is -1.95. The molecule has 0 saturated heterocycles. The Morgan fingerprint density at radius 1 is 0.833 bits per heavy atom. The smallest absolute Gasteiger partial charge is 0.0313 e. The predicted octanol–water partition coefficient (Wildman–Crippen LogP) is 4.48. The fourth-order valence-electron chi connectivity index (χ4n) is 0.948. The van der Waals surface area contributed by atoms with Crippen LogP contribution in [-0.2, 0) is 0 Å². The summed E-state index contributed by atoms with van der Waals surface area (Å²) in [5, 5.41) is 0. The van der Waals surface area contributed by atoms with Crippen LogP contribution >= 0.6 is 0 Å². The Kier molecular flexibility index (Phi) is 6.84. The highest BCUT2D eigenvalue weighted by atomic mass is 13.9. The van der Waals surface area contributed by atoms with Gasteiger partial charge in [-0.2, -0.15) is 0 Å². The summed E-state index contributed by atoms with van der Waals surface area (Å²) in [5.74, 6) is 0. The maximum atomic E-state index is 2.35. The largest absolute Gasteiger partial charge is 0.0853 e. The van der Waals surface area contributed by atoms with E-state index < -0.39 is 0 Å². The Morgan fingerprint density at radius 3 is 1.42 bits per heavy atom. The van der Waals surface area contributed by atoms with E-state index in [1.165, 1.54) is 36.8 Å². The number of rotatable bonds is 5. The van der Waals surface area contributed by atoms with E-state index in [1.807, 2.05) is 0 Å². The molecule has 0 fully saturated rings. The first-order valence-corrected chi connectivity index (χ1v) is 5.02. The van der Waals surface area contributed by atoms with Crippen LogP contribution in [0.15, 0.2) is 23.3 Å². The van der Waals surface area contributed by atoms with Gasteiger partial charge in [0, 0.05) is 0 Å². The lowest BCUT2D eigenvalue weighted by molar-refractivity contribution is 0.972. The van der Waals surface area contributed by atoms with Crippen molar-refractivity contribution in [3.8, 4) is 0 Å². The fraction of sp³-hybridized carbons (Fsp3) is 0.667. The molecule has 0 saturated carbocycles. The van der Waals surface area contributed by atoms with Gasteiger partial charge in [0.15, 0.2) is 0 Å². The van der Waals surface area contributed by atoms with Crippen LogP contribution in [0.4, 0.5) is 0 Å². The third-order valence-corrected chi connectivity index (χ3v) is 2.27. The van der Waals surface area contributed by atoms with Crippen LogP contribution in [0.5, 0.6) is 0 Å². The Morgan fingerprint density at radius 2 is 1.17 bits per heavy atom. The maximum absolute atomic E-state index is 2.35. The maximum Gasteiger partial charge on any atom is -0.0313 e. The molecule has 0 aromatic carbocycles. The molecular weight excluding hydrogens is 144 g/mol. The van der Waals surface area contributed by atoms with Crippen molar-refractivity contribution in [2.45, 2.75) is 53.4 Å². The predicted molar refractivity (Wildman–Crippen MR) is 57.3 cm³/mol. The van der Waals surface area contributed by atoms with Gasteiger partial charge in [-0.3, -0.25) is 0 Å². The first-order chi connectivity index (χ1) is 5.70. The fourth-order valence-corrected chi connectivity index (χ4v) is 0.948. The first-order valence-electron chi connectivity index (χ1n) is 5.02. The second-order valence-corrected chi connectivity index (χ2v) is 3.39. The highest BCUT2D eigenvalue weighted by molar-refractivity contribution is 5.01. The summed E-state index contributed by atoms with van der Waals surface area (Å²) in [7, 11) is 0. The average Bonchev–Trinajstić information content (AvgIpc) is 2.11. The van der Waals surface area contributed by atoms with Gasteiger partial charge in [0.2, 0.25) is 0 Å². The van der Waals surface area contributed by atoms with Crippen molar-refractivity contribution in [2.24, 2.45) is 0 Å². The van der Waals surface area contributed by atoms with Gasteiger partial charge in [0.25, 0.3) is 0 Å². The zero-order valence-corrected chi connectivity index (χ0v) is 8.98. The summed E-state index contributed by atoms with van der Waals surface area (Å²) in [5.41, 5.74) is 3.02. The van der Waals surface area contributed by atoms with Crippen LogP contribution in [0.25, 0.3) is 0 Å². The topological polar surface area (TPSA) is 0 Å². The SMILES string of the molecule is CCC(C)=CCCC=C(C)CC. The van der Waals surface area contributed by atoms with Crippen LogP contribution in [0.2, 0.25) is 0 Å². The summed E-state index contributed by atoms with van der Waals surface area (Å²) < 4.78 is 0. The van der Waals surface area contributed by atoms with E-state index >= 15 is 0 Å². The molecule has 0 radical (unpaired) electrons. The van der Waals surface area contributed by atoms with Crippen LogP contribution < -0.4 is 0 Å². The molecule has 0 nitrogen and oxygen atoms in total. The van der Waals surface area contributed by atoms with E-state index in [1.54, 1.807) is 0 Å². The summed E-state index contributed by atoms with van der Waals surface area (Å²) in [6.07, 6.45) is 9.49. The summed E-state index contributed by atoms with van der Waals surface area (Å²) in [6, 6.07) is 0. The molecule has 0 atom stereocenters. The minimum atomic E-state index is 1.19. The monoisotopic (exact) mass is 166 g/mol. The van der Waals surface area contributed by atoms with Crippen molar-refractivity contribution in [2.75, 3.05) is 0 Å². The third-order valence-electron chi connectivity index (χ3n) is 2.27. The molecule has 0 rings (SSSR count). The molecule has 0 amide bonds. The molecule has 0 aromatic heterocycles. The van der Waals surface area contributed by atoms with Crippen molar-refractivity contribution >= 4 is 0 Å². The van der Waals surface area contributed by atoms with E-state index in [9.17, 15) is 0 Å². The van der Waals surface area contributed by atoms with Crippen LogP contribution in [0.3, 0.4) is 0 Å². The molecule has 0 aliphatic carbocycles. The van der Waals surface area contributed by atoms with E-state index in [0.717, 1.165) is 0 Å². The first kappa shape index (κ1) is 11.5. The standard InChI is InChI=1S/C12H22/c1-5-11(3)9-7-8-10-12(4)6-2/h9-10H,5-8H2,1-4H3. The highest BCUT2D eigenvalue weighted by Gasteiger charge is 1.85. The normalized spacial score (nSPS) is 13.7. The van der Waals surface area contributed by atoms with Crippen LogP contribution in [0, 0.1) is 0 Å². The summed E-state index contributed by atoms with van der Waals surface area (Å²) >= 11 is 0.